The van der Waals surface area contributed by atoms with Gasteiger partial charge in [0.05, 0.1) is 12.2 Å². The highest BCUT2D eigenvalue weighted by atomic mass is 16.3. The Morgan fingerprint density at radius 2 is 1.73 bits per heavy atom. The van der Waals surface area contributed by atoms with Crippen molar-refractivity contribution in [2.24, 2.45) is 11.3 Å². The summed E-state index contributed by atoms with van der Waals surface area (Å²) in [5.41, 5.74) is 0.179. The predicted molar refractivity (Wildman–Crippen MR) is 44.2 cm³/mol. The van der Waals surface area contributed by atoms with Crippen LogP contribution in [0.4, 0.5) is 0 Å². The van der Waals surface area contributed by atoms with Crippen LogP contribution in [0.5, 0.6) is 0 Å². The van der Waals surface area contributed by atoms with E-state index >= 15 is 0 Å². The lowest BCUT2D eigenvalue weighted by Gasteiger charge is -2.41. The second kappa shape index (κ2) is 2.76. The Kier molecular flexibility index (Phi) is 2.26. The molecule has 1 rings (SSSR count). The van der Waals surface area contributed by atoms with Crippen molar-refractivity contribution in [3.63, 3.8) is 0 Å². The van der Waals surface area contributed by atoms with Gasteiger partial charge < -0.3 is 10.2 Å². The van der Waals surface area contributed by atoms with Crippen LogP contribution in [0.1, 0.15) is 33.6 Å². The average molecular weight is 158 g/mol. The third kappa shape index (κ3) is 1.74. The van der Waals surface area contributed by atoms with Gasteiger partial charge in [-0.15, -0.1) is 0 Å². The number of rotatable bonds is 0. The van der Waals surface area contributed by atoms with E-state index in [1.807, 2.05) is 0 Å². The van der Waals surface area contributed by atoms with Crippen LogP contribution in [0.15, 0.2) is 0 Å². The normalized spacial score (nSPS) is 43.9. The summed E-state index contributed by atoms with van der Waals surface area (Å²) >= 11 is 0. The van der Waals surface area contributed by atoms with Crippen molar-refractivity contribution in [3.8, 4) is 0 Å². The van der Waals surface area contributed by atoms with Crippen LogP contribution >= 0.6 is 0 Å². The average Bonchev–Trinajstić information content (AvgIpc) is 1.83. The molecule has 3 atom stereocenters. The molecule has 1 aliphatic carbocycles. The monoisotopic (exact) mass is 158 g/mol. The van der Waals surface area contributed by atoms with E-state index in [4.69, 9.17) is 0 Å². The van der Waals surface area contributed by atoms with Gasteiger partial charge >= 0.3 is 0 Å². The van der Waals surface area contributed by atoms with Crippen LogP contribution in [0.2, 0.25) is 0 Å². The standard InChI is InChI=1S/C9H18O2/c1-6-4-7(10)8(11)5-9(6,2)3/h6-8,10-11H,4-5H2,1-3H3/t6?,7-,8+/m0/s1. The Labute approximate surface area is 68.2 Å². The van der Waals surface area contributed by atoms with Crippen molar-refractivity contribution in [1.82, 2.24) is 0 Å². The molecule has 66 valence electrons. The number of aliphatic hydroxyl groups is 2. The van der Waals surface area contributed by atoms with Crippen molar-refractivity contribution in [2.75, 3.05) is 0 Å². The molecule has 0 spiro atoms. The van der Waals surface area contributed by atoms with Crippen LogP contribution in [-0.4, -0.2) is 22.4 Å². The van der Waals surface area contributed by atoms with Crippen molar-refractivity contribution in [3.05, 3.63) is 0 Å². The molecular weight excluding hydrogens is 140 g/mol. The quantitative estimate of drug-likeness (QED) is 0.555. The molecule has 0 saturated heterocycles. The molecule has 2 N–H and O–H groups in total. The second-order valence-electron chi connectivity index (χ2n) is 4.46. The lowest BCUT2D eigenvalue weighted by molar-refractivity contribution is -0.0687. The van der Waals surface area contributed by atoms with E-state index in [1.54, 1.807) is 0 Å². The molecule has 2 nitrogen and oxygen atoms in total. The summed E-state index contributed by atoms with van der Waals surface area (Å²) in [5.74, 6) is 0.501. The van der Waals surface area contributed by atoms with Gasteiger partial charge in [-0.05, 0) is 24.2 Å². The van der Waals surface area contributed by atoms with Crippen molar-refractivity contribution in [1.29, 1.82) is 0 Å². The molecule has 2 heteroatoms. The number of hydrogen-bond donors (Lipinski definition) is 2. The third-order valence-corrected chi connectivity index (χ3v) is 3.11. The summed E-state index contributed by atoms with van der Waals surface area (Å²) < 4.78 is 0. The molecule has 1 aliphatic rings. The maximum absolute atomic E-state index is 9.38. The molecule has 0 radical (unpaired) electrons. The van der Waals surface area contributed by atoms with E-state index in [0.29, 0.717) is 5.92 Å². The zero-order chi connectivity index (χ0) is 8.65. The predicted octanol–water partition coefficient (Wildman–Crippen LogP) is 1.16. The van der Waals surface area contributed by atoms with Gasteiger partial charge in [0.25, 0.3) is 0 Å². The lowest BCUT2D eigenvalue weighted by atomic mass is 9.68. The molecule has 0 aliphatic heterocycles. The maximum atomic E-state index is 9.38. The van der Waals surface area contributed by atoms with E-state index in [-0.39, 0.29) is 5.41 Å². The van der Waals surface area contributed by atoms with Gasteiger partial charge in [-0.1, -0.05) is 20.8 Å². The van der Waals surface area contributed by atoms with Crippen LogP contribution in [-0.2, 0) is 0 Å². The first-order valence-corrected chi connectivity index (χ1v) is 4.29. The lowest BCUT2D eigenvalue weighted by Crippen LogP contribution is -2.42. The Hall–Kier alpha value is -0.0800. The fourth-order valence-electron chi connectivity index (χ4n) is 1.71. The van der Waals surface area contributed by atoms with E-state index in [0.717, 1.165) is 12.8 Å². The fraction of sp³-hybridized carbons (Fsp3) is 1.00. The van der Waals surface area contributed by atoms with Crippen molar-refractivity contribution in [2.45, 2.75) is 45.8 Å². The molecule has 0 aromatic heterocycles. The highest BCUT2D eigenvalue weighted by Crippen LogP contribution is 2.40. The summed E-state index contributed by atoms with van der Waals surface area (Å²) in [5, 5.41) is 18.7. The Morgan fingerprint density at radius 3 is 2.18 bits per heavy atom. The van der Waals surface area contributed by atoms with Crippen molar-refractivity contribution < 1.29 is 10.2 Å². The van der Waals surface area contributed by atoms with Gasteiger partial charge in [-0.25, -0.2) is 0 Å². The molecule has 0 aromatic carbocycles. The SMILES string of the molecule is CC1C[C@H](O)[C@H](O)CC1(C)C. The first-order valence-electron chi connectivity index (χ1n) is 4.29. The minimum atomic E-state index is -0.513. The molecular formula is C9H18O2. The maximum Gasteiger partial charge on any atom is 0.0804 e. The largest absolute Gasteiger partial charge is 0.390 e. The van der Waals surface area contributed by atoms with Crippen LogP contribution < -0.4 is 0 Å². The zero-order valence-electron chi connectivity index (χ0n) is 7.54. The van der Waals surface area contributed by atoms with Crippen molar-refractivity contribution >= 4 is 0 Å². The minimum Gasteiger partial charge on any atom is -0.390 e. The number of aliphatic hydroxyl groups excluding tert-OH is 2. The first-order chi connectivity index (χ1) is 4.93. The Morgan fingerprint density at radius 1 is 1.18 bits per heavy atom. The highest BCUT2D eigenvalue weighted by molar-refractivity contribution is 4.88. The summed E-state index contributed by atoms with van der Waals surface area (Å²) in [4.78, 5) is 0. The first kappa shape index (κ1) is 9.01. The summed E-state index contributed by atoms with van der Waals surface area (Å²) in [6.07, 6.45) is 0.433. The minimum absolute atomic E-state index is 0.179. The Balaban J connectivity index is 2.63. The molecule has 11 heavy (non-hydrogen) atoms. The Bertz CT molecular complexity index is 142. The van der Waals surface area contributed by atoms with E-state index in [9.17, 15) is 10.2 Å². The van der Waals surface area contributed by atoms with Gasteiger partial charge in [-0.2, -0.15) is 0 Å². The second-order valence-corrected chi connectivity index (χ2v) is 4.46. The van der Waals surface area contributed by atoms with E-state index in [2.05, 4.69) is 20.8 Å². The van der Waals surface area contributed by atoms with Crippen LogP contribution in [0.3, 0.4) is 0 Å². The molecule has 0 bridgehead atoms. The van der Waals surface area contributed by atoms with Crippen LogP contribution in [0, 0.1) is 11.3 Å². The summed E-state index contributed by atoms with van der Waals surface area (Å²) in [6, 6.07) is 0. The summed E-state index contributed by atoms with van der Waals surface area (Å²) in [6.45, 7) is 6.43. The zero-order valence-corrected chi connectivity index (χ0v) is 7.54. The molecule has 1 fully saturated rings. The topological polar surface area (TPSA) is 40.5 Å². The van der Waals surface area contributed by atoms with Gasteiger partial charge in [0.15, 0.2) is 0 Å². The van der Waals surface area contributed by atoms with Gasteiger partial charge in [0, 0.05) is 0 Å². The highest BCUT2D eigenvalue weighted by Gasteiger charge is 2.37. The molecule has 1 saturated carbocycles. The van der Waals surface area contributed by atoms with Gasteiger partial charge in [0.1, 0.15) is 0 Å². The van der Waals surface area contributed by atoms with Gasteiger partial charge in [0.2, 0.25) is 0 Å². The number of hydrogen-bond acceptors (Lipinski definition) is 2. The smallest absolute Gasteiger partial charge is 0.0804 e. The van der Waals surface area contributed by atoms with E-state index < -0.39 is 12.2 Å². The molecule has 1 unspecified atom stereocenters. The van der Waals surface area contributed by atoms with Gasteiger partial charge in [-0.3, -0.25) is 0 Å². The third-order valence-electron chi connectivity index (χ3n) is 3.11. The molecule has 0 amide bonds. The van der Waals surface area contributed by atoms with E-state index in [1.165, 1.54) is 0 Å². The summed E-state index contributed by atoms with van der Waals surface area (Å²) in [7, 11) is 0. The van der Waals surface area contributed by atoms with Crippen LogP contribution in [0.25, 0.3) is 0 Å². The molecule has 0 heterocycles. The molecule has 0 aromatic rings. The fourth-order valence-corrected chi connectivity index (χ4v) is 1.71.